The van der Waals surface area contributed by atoms with E-state index in [-0.39, 0.29) is 5.91 Å². The van der Waals surface area contributed by atoms with Gasteiger partial charge in [0.1, 0.15) is 12.1 Å². The van der Waals surface area contributed by atoms with Gasteiger partial charge in [-0.1, -0.05) is 44.7 Å². The minimum atomic E-state index is -0.0210. The fourth-order valence-electron chi connectivity index (χ4n) is 3.32. The number of hydrogen-bond donors (Lipinski definition) is 2. The number of nitrogens with one attached hydrogen (secondary N) is 2. The van der Waals surface area contributed by atoms with Crippen LogP contribution in [0, 0.1) is 0 Å². The topological polar surface area (TPSA) is 66.9 Å². The minimum Gasteiger partial charge on any atom is -0.367 e. The van der Waals surface area contributed by atoms with Gasteiger partial charge in [0, 0.05) is 29.8 Å². The van der Waals surface area contributed by atoms with Gasteiger partial charge in [-0.05, 0) is 31.4 Å². The second-order valence-electron chi connectivity index (χ2n) is 6.95. The van der Waals surface area contributed by atoms with E-state index in [9.17, 15) is 4.79 Å². The molecule has 0 spiro atoms. The van der Waals surface area contributed by atoms with Gasteiger partial charge in [0.15, 0.2) is 0 Å². The van der Waals surface area contributed by atoms with E-state index in [1.165, 1.54) is 32.1 Å². The zero-order chi connectivity index (χ0) is 18.2. The van der Waals surface area contributed by atoms with Gasteiger partial charge in [-0.3, -0.25) is 4.79 Å². The maximum atomic E-state index is 12.1. The van der Waals surface area contributed by atoms with Gasteiger partial charge >= 0.3 is 0 Å². The van der Waals surface area contributed by atoms with E-state index in [4.69, 9.17) is 0 Å². The van der Waals surface area contributed by atoms with Crippen LogP contribution in [0.1, 0.15) is 62.2 Å². The average Bonchev–Trinajstić information content (AvgIpc) is 2.69. The normalized spacial score (nSPS) is 14.8. The number of nitrogens with zero attached hydrogens (tertiary/aromatic N) is 2. The molecule has 1 amide bonds. The van der Waals surface area contributed by atoms with Crippen LogP contribution in [-0.4, -0.2) is 28.5 Å². The predicted molar refractivity (Wildman–Crippen MR) is 105 cm³/mol. The lowest BCUT2D eigenvalue weighted by molar-refractivity contribution is 0.0953. The summed E-state index contributed by atoms with van der Waals surface area (Å²) in [6, 6.07) is 10.1. The van der Waals surface area contributed by atoms with Crippen molar-refractivity contribution < 1.29 is 4.79 Å². The SMILES string of the molecule is CCCCNC(=O)c1ccc(-c2cc(NC3CCCCC3)ncn2)cc1. The number of amides is 1. The number of carbonyl (C=O) groups is 1. The van der Waals surface area contributed by atoms with Crippen LogP contribution < -0.4 is 10.6 Å². The molecule has 0 saturated heterocycles. The Hall–Kier alpha value is -2.43. The van der Waals surface area contributed by atoms with Crippen LogP contribution in [0.15, 0.2) is 36.7 Å². The van der Waals surface area contributed by atoms with Gasteiger partial charge in [-0.25, -0.2) is 9.97 Å². The molecule has 1 heterocycles. The minimum absolute atomic E-state index is 0.0210. The second kappa shape index (κ2) is 9.32. The summed E-state index contributed by atoms with van der Waals surface area (Å²) in [7, 11) is 0. The fourth-order valence-corrected chi connectivity index (χ4v) is 3.32. The van der Waals surface area contributed by atoms with Gasteiger partial charge in [0.05, 0.1) is 5.69 Å². The third-order valence-electron chi connectivity index (χ3n) is 4.88. The molecule has 5 nitrogen and oxygen atoms in total. The summed E-state index contributed by atoms with van der Waals surface area (Å²) in [5.74, 6) is 0.857. The number of hydrogen-bond acceptors (Lipinski definition) is 4. The van der Waals surface area contributed by atoms with Crippen LogP contribution in [0.2, 0.25) is 0 Å². The second-order valence-corrected chi connectivity index (χ2v) is 6.95. The van der Waals surface area contributed by atoms with Crippen molar-refractivity contribution >= 4 is 11.7 Å². The van der Waals surface area contributed by atoms with Crippen molar-refractivity contribution in [2.75, 3.05) is 11.9 Å². The third-order valence-corrected chi connectivity index (χ3v) is 4.88. The number of carbonyl (C=O) groups excluding carboxylic acids is 1. The highest BCUT2D eigenvalue weighted by atomic mass is 16.1. The summed E-state index contributed by atoms with van der Waals surface area (Å²) >= 11 is 0. The van der Waals surface area contributed by atoms with Crippen molar-refractivity contribution in [2.24, 2.45) is 0 Å². The van der Waals surface area contributed by atoms with Gasteiger partial charge in [0.2, 0.25) is 0 Å². The molecular formula is C21H28N4O. The van der Waals surface area contributed by atoms with E-state index >= 15 is 0 Å². The van der Waals surface area contributed by atoms with Crippen LogP contribution in [0.3, 0.4) is 0 Å². The molecule has 26 heavy (non-hydrogen) atoms. The Morgan fingerprint density at radius 1 is 1.12 bits per heavy atom. The van der Waals surface area contributed by atoms with Crippen molar-refractivity contribution in [1.82, 2.24) is 15.3 Å². The van der Waals surface area contributed by atoms with Crippen molar-refractivity contribution in [2.45, 2.75) is 57.9 Å². The van der Waals surface area contributed by atoms with E-state index in [0.717, 1.165) is 36.5 Å². The zero-order valence-corrected chi connectivity index (χ0v) is 15.5. The molecule has 2 aromatic rings. The molecule has 0 radical (unpaired) electrons. The first kappa shape index (κ1) is 18.4. The quantitative estimate of drug-likeness (QED) is 0.724. The Balaban J connectivity index is 1.65. The van der Waals surface area contributed by atoms with Crippen molar-refractivity contribution in [3.8, 4) is 11.3 Å². The summed E-state index contributed by atoms with van der Waals surface area (Å²) < 4.78 is 0. The number of anilines is 1. The Bertz CT molecular complexity index is 708. The summed E-state index contributed by atoms with van der Waals surface area (Å²) in [4.78, 5) is 20.8. The van der Waals surface area contributed by atoms with Gasteiger partial charge in [0.25, 0.3) is 5.91 Å². The predicted octanol–water partition coefficient (Wildman–Crippen LogP) is 4.42. The molecule has 5 heteroatoms. The molecule has 1 aromatic heterocycles. The van der Waals surface area contributed by atoms with Crippen LogP contribution in [0.25, 0.3) is 11.3 Å². The lowest BCUT2D eigenvalue weighted by Gasteiger charge is -2.23. The van der Waals surface area contributed by atoms with Crippen LogP contribution >= 0.6 is 0 Å². The van der Waals surface area contributed by atoms with Crippen molar-refractivity contribution in [3.63, 3.8) is 0 Å². The average molecular weight is 352 g/mol. The van der Waals surface area contributed by atoms with Gasteiger partial charge in [-0.2, -0.15) is 0 Å². The molecule has 0 bridgehead atoms. The first-order valence-corrected chi connectivity index (χ1v) is 9.73. The Labute approximate surface area is 155 Å². The lowest BCUT2D eigenvalue weighted by Crippen LogP contribution is -2.24. The van der Waals surface area contributed by atoms with Crippen LogP contribution in [0.4, 0.5) is 5.82 Å². The fraction of sp³-hybridized carbons (Fsp3) is 0.476. The molecule has 3 rings (SSSR count). The molecule has 1 aliphatic rings. The summed E-state index contributed by atoms with van der Waals surface area (Å²) in [5, 5.41) is 6.47. The molecule has 0 atom stereocenters. The lowest BCUT2D eigenvalue weighted by atomic mass is 9.95. The van der Waals surface area contributed by atoms with Crippen molar-refractivity contribution in [1.29, 1.82) is 0 Å². The monoisotopic (exact) mass is 352 g/mol. The number of rotatable bonds is 7. The molecule has 1 saturated carbocycles. The smallest absolute Gasteiger partial charge is 0.251 e. The maximum absolute atomic E-state index is 12.1. The summed E-state index contributed by atoms with van der Waals surface area (Å²) in [5.41, 5.74) is 2.54. The molecule has 0 aliphatic heterocycles. The highest BCUT2D eigenvalue weighted by Crippen LogP contribution is 2.23. The molecule has 0 unspecified atom stereocenters. The van der Waals surface area contributed by atoms with Crippen LogP contribution in [-0.2, 0) is 0 Å². The third kappa shape index (κ3) is 5.04. The Morgan fingerprint density at radius 3 is 2.62 bits per heavy atom. The largest absolute Gasteiger partial charge is 0.367 e. The molecule has 138 valence electrons. The Morgan fingerprint density at radius 2 is 1.88 bits per heavy atom. The molecule has 1 fully saturated rings. The maximum Gasteiger partial charge on any atom is 0.251 e. The molecular weight excluding hydrogens is 324 g/mol. The zero-order valence-electron chi connectivity index (χ0n) is 15.5. The standard InChI is InChI=1S/C21H28N4O/c1-2-3-13-22-21(26)17-11-9-16(10-12-17)19-14-20(24-15-23-19)25-18-7-5-4-6-8-18/h9-12,14-15,18H,2-8,13H2,1H3,(H,22,26)(H,23,24,25). The highest BCUT2D eigenvalue weighted by Gasteiger charge is 2.14. The van der Waals surface area contributed by atoms with E-state index in [0.29, 0.717) is 11.6 Å². The highest BCUT2D eigenvalue weighted by molar-refractivity contribution is 5.94. The number of unbranched alkanes of at least 4 members (excludes halogenated alkanes) is 1. The van der Waals surface area contributed by atoms with E-state index in [1.54, 1.807) is 6.33 Å². The van der Waals surface area contributed by atoms with E-state index in [1.807, 2.05) is 30.3 Å². The van der Waals surface area contributed by atoms with Gasteiger partial charge < -0.3 is 10.6 Å². The molecule has 1 aliphatic carbocycles. The van der Waals surface area contributed by atoms with E-state index < -0.39 is 0 Å². The summed E-state index contributed by atoms with van der Waals surface area (Å²) in [6.07, 6.45) is 10.0. The Kier molecular flexibility index (Phi) is 6.58. The first-order chi connectivity index (χ1) is 12.8. The number of aromatic nitrogens is 2. The molecule has 1 aromatic carbocycles. The summed E-state index contributed by atoms with van der Waals surface area (Å²) in [6.45, 7) is 2.83. The van der Waals surface area contributed by atoms with Crippen LogP contribution in [0.5, 0.6) is 0 Å². The van der Waals surface area contributed by atoms with E-state index in [2.05, 4.69) is 27.5 Å². The van der Waals surface area contributed by atoms with Gasteiger partial charge in [-0.15, -0.1) is 0 Å². The van der Waals surface area contributed by atoms with Crippen molar-refractivity contribution in [3.05, 3.63) is 42.2 Å². The number of benzene rings is 1. The molecule has 2 N–H and O–H groups in total. The first-order valence-electron chi connectivity index (χ1n) is 9.73.